The third kappa shape index (κ3) is 5.89. The number of aromatic nitrogens is 2. The van der Waals surface area contributed by atoms with Crippen LogP contribution in [0.15, 0.2) is 30.6 Å². The van der Waals surface area contributed by atoms with E-state index in [9.17, 15) is 4.79 Å². The van der Waals surface area contributed by atoms with Crippen molar-refractivity contribution in [2.75, 3.05) is 63.9 Å². The second-order valence-electron chi connectivity index (χ2n) is 7.41. The minimum Gasteiger partial charge on any atom is -0.486 e. The zero-order valence-corrected chi connectivity index (χ0v) is 18.1. The first-order valence-electron chi connectivity index (χ1n) is 10.5. The third-order valence-corrected chi connectivity index (χ3v) is 5.56. The van der Waals surface area contributed by atoms with Crippen molar-refractivity contribution < 1.29 is 14.3 Å². The van der Waals surface area contributed by atoms with Crippen LogP contribution in [0.2, 0.25) is 5.02 Å². The lowest BCUT2D eigenvalue weighted by atomic mass is 10.1. The van der Waals surface area contributed by atoms with E-state index in [1.165, 1.54) is 0 Å². The second kappa shape index (κ2) is 10.5. The predicted octanol–water partition coefficient (Wildman–Crippen LogP) is 1.57. The average molecular weight is 447 g/mol. The van der Waals surface area contributed by atoms with Crippen LogP contribution in [0.25, 0.3) is 0 Å². The monoisotopic (exact) mass is 446 g/mol. The smallest absolute Gasteiger partial charge is 0.314 e. The molecule has 0 saturated carbocycles. The highest BCUT2D eigenvalue weighted by molar-refractivity contribution is 6.32. The van der Waals surface area contributed by atoms with Gasteiger partial charge in [-0.1, -0.05) is 11.6 Å². The number of nitrogens with one attached hydrogen (secondary N) is 2. The van der Waals surface area contributed by atoms with Gasteiger partial charge in [0.1, 0.15) is 13.2 Å². The first-order chi connectivity index (χ1) is 15.2. The normalized spacial score (nSPS) is 16.1. The maximum absolute atomic E-state index is 12.1. The predicted molar refractivity (Wildman–Crippen MR) is 118 cm³/mol. The quantitative estimate of drug-likeness (QED) is 0.666. The van der Waals surface area contributed by atoms with Crippen LogP contribution < -0.4 is 25.0 Å². The summed E-state index contributed by atoms with van der Waals surface area (Å²) in [4.78, 5) is 25.2. The van der Waals surface area contributed by atoms with Gasteiger partial charge in [0.2, 0.25) is 5.95 Å². The van der Waals surface area contributed by atoms with Gasteiger partial charge < -0.3 is 25.0 Å². The van der Waals surface area contributed by atoms with Crippen molar-refractivity contribution in [3.63, 3.8) is 0 Å². The molecule has 0 aliphatic carbocycles. The molecule has 31 heavy (non-hydrogen) atoms. The molecule has 10 heteroatoms. The number of piperazine rings is 1. The van der Waals surface area contributed by atoms with E-state index in [0.717, 1.165) is 44.2 Å². The number of hydrogen-bond donors (Lipinski definition) is 2. The van der Waals surface area contributed by atoms with E-state index in [2.05, 4.69) is 30.4 Å². The Hall–Kier alpha value is -2.78. The van der Waals surface area contributed by atoms with Gasteiger partial charge in [0.05, 0.1) is 5.02 Å². The van der Waals surface area contributed by atoms with Crippen LogP contribution in [0.5, 0.6) is 11.5 Å². The fraction of sp³-hybridized carbons (Fsp3) is 0.476. The van der Waals surface area contributed by atoms with Crippen LogP contribution in [0.1, 0.15) is 5.56 Å². The van der Waals surface area contributed by atoms with E-state index < -0.39 is 0 Å². The van der Waals surface area contributed by atoms with Crippen LogP contribution in [-0.2, 0) is 6.42 Å². The maximum Gasteiger partial charge on any atom is 0.314 e. The van der Waals surface area contributed by atoms with E-state index in [-0.39, 0.29) is 6.03 Å². The molecule has 0 radical (unpaired) electrons. The summed E-state index contributed by atoms with van der Waals surface area (Å²) in [5.41, 5.74) is 0.995. The molecule has 1 fully saturated rings. The Bertz CT molecular complexity index is 877. The lowest BCUT2D eigenvalue weighted by molar-refractivity contribution is 0.171. The highest BCUT2D eigenvalue weighted by Crippen LogP contribution is 2.38. The zero-order chi connectivity index (χ0) is 21.5. The van der Waals surface area contributed by atoms with Crippen molar-refractivity contribution in [2.45, 2.75) is 6.42 Å². The summed E-state index contributed by atoms with van der Waals surface area (Å²) in [6.07, 6.45) is 4.19. The number of fused-ring (bicyclic) bond motifs is 1. The summed E-state index contributed by atoms with van der Waals surface area (Å²) in [7, 11) is 0. The number of ether oxygens (including phenoxy) is 2. The van der Waals surface area contributed by atoms with Crippen LogP contribution in [0, 0.1) is 0 Å². The minimum atomic E-state index is -0.167. The van der Waals surface area contributed by atoms with E-state index in [4.69, 9.17) is 21.1 Å². The molecule has 2 amide bonds. The van der Waals surface area contributed by atoms with Crippen LogP contribution >= 0.6 is 11.6 Å². The number of anilines is 1. The van der Waals surface area contributed by atoms with Gasteiger partial charge in [-0.15, -0.1) is 0 Å². The van der Waals surface area contributed by atoms with Crippen molar-refractivity contribution in [1.82, 2.24) is 25.5 Å². The Morgan fingerprint density at radius 3 is 2.58 bits per heavy atom. The van der Waals surface area contributed by atoms with Gasteiger partial charge in [-0.3, -0.25) is 4.90 Å². The van der Waals surface area contributed by atoms with Crippen LogP contribution in [0.3, 0.4) is 0 Å². The zero-order valence-electron chi connectivity index (χ0n) is 17.3. The van der Waals surface area contributed by atoms with Crippen molar-refractivity contribution in [3.8, 4) is 11.5 Å². The molecule has 0 unspecified atom stereocenters. The molecule has 2 aliphatic heterocycles. The summed E-state index contributed by atoms with van der Waals surface area (Å²) < 4.78 is 11.1. The Morgan fingerprint density at radius 1 is 1.03 bits per heavy atom. The number of hydrogen-bond acceptors (Lipinski definition) is 7. The number of nitrogens with zero attached hydrogens (tertiary/aromatic N) is 4. The van der Waals surface area contributed by atoms with E-state index in [1.807, 2.05) is 18.2 Å². The Balaban J connectivity index is 1.11. The number of rotatable bonds is 7. The molecule has 9 nitrogen and oxygen atoms in total. The highest BCUT2D eigenvalue weighted by atomic mass is 35.5. The van der Waals surface area contributed by atoms with Gasteiger partial charge in [0, 0.05) is 58.2 Å². The lowest BCUT2D eigenvalue weighted by Gasteiger charge is -2.34. The first-order valence-corrected chi connectivity index (χ1v) is 10.9. The molecule has 3 heterocycles. The van der Waals surface area contributed by atoms with E-state index in [1.54, 1.807) is 12.4 Å². The topological polar surface area (TPSA) is 91.9 Å². The Labute approximate surface area is 186 Å². The van der Waals surface area contributed by atoms with Crippen LogP contribution in [-0.4, -0.2) is 79.9 Å². The van der Waals surface area contributed by atoms with Gasteiger partial charge in [0.15, 0.2) is 11.5 Å². The van der Waals surface area contributed by atoms with E-state index in [0.29, 0.717) is 49.2 Å². The van der Waals surface area contributed by atoms with Gasteiger partial charge in [-0.2, -0.15) is 0 Å². The number of carbonyl (C=O) groups excluding carboxylic acids is 1. The standard InChI is InChI=1S/C21H27ClN6O3/c22-17-14-16(15-18-19(17)31-13-12-30-18)2-5-25-21(29)26-6-7-27-8-10-28(11-9-27)20-23-3-1-4-24-20/h1,3-4,14-15H,2,5-13H2,(H2,25,26,29). The number of urea groups is 1. The molecule has 1 aromatic heterocycles. The molecule has 2 aliphatic rings. The largest absolute Gasteiger partial charge is 0.486 e. The first kappa shape index (κ1) is 21.5. The summed E-state index contributed by atoms with van der Waals surface area (Å²) in [5, 5.41) is 6.35. The number of amides is 2. The number of benzene rings is 1. The Kier molecular flexibility index (Phi) is 7.26. The van der Waals surface area contributed by atoms with Gasteiger partial charge >= 0.3 is 6.03 Å². The summed E-state index contributed by atoms with van der Waals surface area (Å²) >= 11 is 6.26. The SMILES string of the molecule is O=C(NCCc1cc(Cl)c2c(c1)OCCO2)NCCN1CCN(c2ncccn2)CC1. The molecule has 1 aromatic carbocycles. The Morgan fingerprint density at radius 2 is 1.77 bits per heavy atom. The van der Waals surface area contributed by atoms with Crippen molar-refractivity contribution in [3.05, 3.63) is 41.2 Å². The van der Waals surface area contributed by atoms with Gasteiger partial charge in [-0.25, -0.2) is 14.8 Å². The summed E-state index contributed by atoms with van der Waals surface area (Å²) in [6, 6.07) is 5.43. The van der Waals surface area contributed by atoms with Crippen LogP contribution in [0.4, 0.5) is 10.7 Å². The van der Waals surface area contributed by atoms with E-state index >= 15 is 0 Å². The fourth-order valence-corrected chi connectivity index (χ4v) is 3.93. The minimum absolute atomic E-state index is 0.167. The molecule has 1 saturated heterocycles. The van der Waals surface area contributed by atoms with Crippen molar-refractivity contribution in [2.24, 2.45) is 0 Å². The average Bonchev–Trinajstić information content (AvgIpc) is 2.80. The van der Waals surface area contributed by atoms with Crippen molar-refractivity contribution >= 4 is 23.6 Å². The molecule has 166 valence electrons. The molecule has 0 bridgehead atoms. The molecule has 2 N–H and O–H groups in total. The highest BCUT2D eigenvalue weighted by Gasteiger charge is 2.19. The molecular formula is C21H27ClN6O3. The third-order valence-electron chi connectivity index (χ3n) is 5.28. The summed E-state index contributed by atoms with van der Waals surface area (Å²) in [5.74, 6) is 2.04. The second-order valence-corrected chi connectivity index (χ2v) is 7.82. The molecule has 0 spiro atoms. The molecule has 2 aromatic rings. The van der Waals surface area contributed by atoms with Crippen molar-refractivity contribution in [1.29, 1.82) is 0 Å². The lowest BCUT2D eigenvalue weighted by Crippen LogP contribution is -2.49. The fourth-order valence-electron chi connectivity index (χ4n) is 3.65. The molecular weight excluding hydrogens is 420 g/mol. The maximum atomic E-state index is 12.1. The summed E-state index contributed by atoms with van der Waals surface area (Å²) in [6.45, 7) is 6.56. The molecule has 0 atom stereocenters. The molecule has 4 rings (SSSR count). The number of carbonyl (C=O) groups is 1. The van der Waals surface area contributed by atoms with Gasteiger partial charge in [0.25, 0.3) is 0 Å². The number of halogens is 1. The van der Waals surface area contributed by atoms with Gasteiger partial charge in [-0.05, 0) is 30.2 Å².